The molecule has 0 spiro atoms. The normalized spacial score (nSPS) is 15.3. The first kappa shape index (κ1) is 12.9. The molecule has 1 aliphatic carbocycles. The van der Waals surface area contributed by atoms with Crippen LogP contribution in [0.15, 0.2) is 18.5 Å². The van der Waals surface area contributed by atoms with Gasteiger partial charge in [-0.05, 0) is 50.7 Å². The Kier molecular flexibility index (Phi) is 3.55. The second-order valence-electron chi connectivity index (χ2n) is 5.96. The number of nitrogens with one attached hydrogen (secondary N) is 2. The van der Waals surface area contributed by atoms with Gasteiger partial charge in [-0.2, -0.15) is 0 Å². The van der Waals surface area contributed by atoms with Crippen molar-refractivity contribution >= 4 is 6.03 Å². The van der Waals surface area contributed by atoms with Crippen LogP contribution in [0, 0.1) is 0 Å². The lowest BCUT2D eigenvalue weighted by Crippen LogP contribution is -2.46. The number of pyridine rings is 1. The lowest BCUT2D eigenvalue weighted by atomic mass is 10.1. The maximum absolute atomic E-state index is 11.6. The molecule has 0 bridgehead atoms. The molecule has 0 unspecified atom stereocenters. The Labute approximate surface area is 108 Å². The minimum atomic E-state index is -0.210. The molecule has 1 saturated carbocycles. The van der Waals surface area contributed by atoms with Crippen LogP contribution in [-0.2, 0) is 6.54 Å². The number of amides is 2. The summed E-state index contributed by atoms with van der Waals surface area (Å²) in [4.78, 5) is 15.8. The van der Waals surface area contributed by atoms with Gasteiger partial charge >= 0.3 is 6.03 Å². The van der Waals surface area contributed by atoms with E-state index in [2.05, 4.69) is 21.7 Å². The Bertz CT molecular complexity index is 433. The van der Waals surface area contributed by atoms with Crippen molar-refractivity contribution in [1.29, 1.82) is 0 Å². The van der Waals surface area contributed by atoms with Gasteiger partial charge in [0.05, 0.1) is 0 Å². The molecule has 98 valence electrons. The first-order chi connectivity index (χ1) is 8.44. The summed E-state index contributed by atoms with van der Waals surface area (Å²) in [6.45, 7) is 6.40. The van der Waals surface area contributed by atoms with Gasteiger partial charge < -0.3 is 10.6 Å². The predicted molar refractivity (Wildman–Crippen MR) is 71.3 cm³/mol. The van der Waals surface area contributed by atoms with E-state index in [1.165, 1.54) is 18.4 Å². The third kappa shape index (κ3) is 4.02. The molecule has 1 aromatic rings. The van der Waals surface area contributed by atoms with Crippen LogP contribution in [0.4, 0.5) is 4.79 Å². The molecule has 1 aliphatic rings. The van der Waals surface area contributed by atoms with Gasteiger partial charge in [-0.1, -0.05) is 6.07 Å². The van der Waals surface area contributed by atoms with Crippen molar-refractivity contribution in [1.82, 2.24) is 15.6 Å². The van der Waals surface area contributed by atoms with E-state index >= 15 is 0 Å². The van der Waals surface area contributed by atoms with E-state index in [4.69, 9.17) is 0 Å². The molecule has 2 N–H and O–H groups in total. The van der Waals surface area contributed by atoms with Crippen LogP contribution in [-0.4, -0.2) is 16.6 Å². The van der Waals surface area contributed by atoms with Gasteiger partial charge in [-0.3, -0.25) is 4.98 Å². The average Bonchev–Trinajstić information content (AvgIpc) is 3.08. The Balaban J connectivity index is 1.86. The number of carbonyl (C=O) groups is 1. The second-order valence-corrected chi connectivity index (χ2v) is 5.96. The maximum Gasteiger partial charge on any atom is 0.315 e. The number of rotatable bonds is 3. The molecule has 2 amide bonds. The van der Waals surface area contributed by atoms with E-state index < -0.39 is 0 Å². The summed E-state index contributed by atoms with van der Waals surface area (Å²) in [6, 6.07) is 2.00. The molecule has 4 heteroatoms. The van der Waals surface area contributed by atoms with Crippen LogP contribution in [0.25, 0.3) is 0 Å². The molecular weight excluding hydrogens is 226 g/mol. The average molecular weight is 247 g/mol. The molecule has 1 fully saturated rings. The highest BCUT2D eigenvalue weighted by Gasteiger charge is 2.23. The van der Waals surface area contributed by atoms with Crippen LogP contribution < -0.4 is 10.6 Å². The fraction of sp³-hybridized carbons (Fsp3) is 0.571. The fourth-order valence-corrected chi connectivity index (χ4v) is 1.81. The number of aromatic nitrogens is 1. The number of nitrogens with zero attached hydrogens (tertiary/aromatic N) is 1. The molecule has 2 rings (SSSR count). The lowest BCUT2D eigenvalue weighted by Gasteiger charge is -2.20. The summed E-state index contributed by atoms with van der Waals surface area (Å²) in [7, 11) is 0. The minimum Gasteiger partial charge on any atom is -0.334 e. The van der Waals surface area contributed by atoms with E-state index in [1.807, 2.05) is 33.2 Å². The predicted octanol–water partition coefficient (Wildman–Crippen LogP) is 2.56. The highest BCUT2D eigenvalue weighted by Crippen LogP contribution is 2.39. The van der Waals surface area contributed by atoms with Crippen molar-refractivity contribution in [3.8, 4) is 0 Å². The molecule has 0 atom stereocenters. The van der Waals surface area contributed by atoms with Gasteiger partial charge in [0.1, 0.15) is 0 Å². The van der Waals surface area contributed by atoms with E-state index in [0.29, 0.717) is 12.5 Å². The molecule has 0 aromatic carbocycles. The van der Waals surface area contributed by atoms with Crippen molar-refractivity contribution in [2.24, 2.45) is 0 Å². The van der Waals surface area contributed by atoms with E-state index in [1.54, 1.807) is 0 Å². The number of urea groups is 1. The standard InChI is InChI=1S/C14H21N3O/c1-14(2,3)17-13(18)16-8-10-6-12(9-15-7-10)11-4-5-11/h6-7,9,11H,4-5,8H2,1-3H3,(H2,16,17,18). The highest BCUT2D eigenvalue weighted by atomic mass is 16.2. The SMILES string of the molecule is CC(C)(C)NC(=O)NCc1cncc(C2CC2)c1. The van der Waals surface area contributed by atoms with Crippen molar-refractivity contribution < 1.29 is 4.79 Å². The number of hydrogen-bond donors (Lipinski definition) is 2. The molecule has 4 nitrogen and oxygen atoms in total. The molecule has 0 saturated heterocycles. The van der Waals surface area contributed by atoms with Crippen LogP contribution >= 0.6 is 0 Å². The maximum atomic E-state index is 11.6. The van der Waals surface area contributed by atoms with Gasteiger partial charge in [0, 0.05) is 24.5 Å². The van der Waals surface area contributed by atoms with Crippen molar-refractivity contribution in [2.75, 3.05) is 0 Å². The Morgan fingerprint density at radius 2 is 2.11 bits per heavy atom. The van der Waals surface area contributed by atoms with Crippen LogP contribution in [0.3, 0.4) is 0 Å². The molecule has 18 heavy (non-hydrogen) atoms. The smallest absolute Gasteiger partial charge is 0.315 e. The topological polar surface area (TPSA) is 54.0 Å². The quantitative estimate of drug-likeness (QED) is 0.862. The molecular formula is C14H21N3O. The monoisotopic (exact) mass is 247 g/mol. The van der Waals surface area contributed by atoms with Crippen LogP contribution in [0.2, 0.25) is 0 Å². The van der Waals surface area contributed by atoms with E-state index in [0.717, 1.165) is 5.56 Å². The fourth-order valence-electron chi connectivity index (χ4n) is 1.81. The molecule has 1 heterocycles. The Morgan fingerprint density at radius 1 is 1.39 bits per heavy atom. The highest BCUT2D eigenvalue weighted by molar-refractivity contribution is 5.74. The summed E-state index contributed by atoms with van der Waals surface area (Å²) < 4.78 is 0. The third-order valence-electron chi connectivity index (χ3n) is 2.81. The zero-order chi connectivity index (χ0) is 13.2. The molecule has 0 aliphatic heterocycles. The zero-order valence-corrected chi connectivity index (χ0v) is 11.3. The van der Waals surface area contributed by atoms with Gasteiger partial charge in [0.15, 0.2) is 0 Å². The summed E-state index contributed by atoms with van der Waals surface area (Å²) in [6.07, 6.45) is 6.27. The summed E-state index contributed by atoms with van der Waals surface area (Å²) in [5.74, 6) is 0.695. The van der Waals surface area contributed by atoms with Gasteiger partial charge in [-0.25, -0.2) is 4.79 Å². The van der Waals surface area contributed by atoms with E-state index in [9.17, 15) is 4.79 Å². The Hall–Kier alpha value is -1.58. The summed E-state index contributed by atoms with van der Waals surface area (Å²) in [5, 5.41) is 5.72. The number of carbonyl (C=O) groups excluding carboxylic acids is 1. The molecule has 1 aromatic heterocycles. The van der Waals surface area contributed by atoms with Crippen molar-refractivity contribution in [2.45, 2.75) is 51.6 Å². The molecule has 0 radical (unpaired) electrons. The van der Waals surface area contributed by atoms with E-state index in [-0.39, 0.29) is 11.6 Å². The Morgan fingerprint density at radius 3 is 2.72 bits per heavy atom. The summed E-state index contributed by atoms with van der Waals surface area (Å²) in [5.41, 5.74) is 2.15. The number of hydrogen-bond acceptors (Lipinski definition) is 2. The largest absolute Gasteiger partial charge is 0.334 e. The van der Waals surface area contributed by atoms with Gasteiger partial charge in [0.2, 0.25) is 0 Å². The minimum absolute atomic E-state index is 0.140. The van der Waals surface area contributed by atoms with Crippen molar-refractivity contribution in [3.63, 3.8) is 0 Å². The second kappa shape index (κ2) is 4.96. The third-order valence-corrected chi connectivity index (χ3v) is 2.81. The summed E-state index contributed by atoms with van der Waals surface area (Å²) >= 11 is 0. The van der Waals surface area contributed by atoms with Crippen molar-refractivity contribution in [3.05, 3.63) is 29.6 Å². The first-order valence-electron chi connectivity index (χ1n) is 6.44. The van der Waals surface area contributed by atoms with Crippen LogP contribution in [0.1, 0.15) is 50.7 Å². The van der Waals surface area contributed by atoms with Crippen LogP contribution in [0.5, 0.6) is 0 Å². The lowest BCUT2D eigenvalue weighted by molar-refractivity contribution is 0.231. The van der Waals surface area contributed by atoms with Gasteiger partial charge in [-0.15, -0.1) is 0 Å². The van der Waals surface area contributed by atoms with Gasteiger partial charge in [0.25, 0.3) is 0 Å². The zero-order valence-electron chi connectivity index (χ0n) is 11.3. The first-order valence-corrected chi connectivity index (χ1v) is 6.44.